The smallest absolute Gasteiger partial charge is 0.453 e. The molecule has 0 amide bonds. The van der Waals surface area contributed by atoms with E-state index in [0.29, 0.717) is 0 Å². The quantitative estimate of drug-likeness (QED) is 0.588. The summed E-state index contributed by atoms with van der Waals surface area (Å²) in [6, 6.07) is 10.6. The molecular weight excluding hydrogens is 254 g/mol. The summed E-state index contributed by atoms with van der Waals surface area (Å²) in [5.41, 5.74) is 1.41. The van der Waals surface area contributed by atoms with Gasteiger partial charge < -0.3 is 4.90 Å². The Morgan fingerprint density at radius 1 is 1.23 bits per heavy atom. The van der Waals surface area contributed by atoms with Crippen molar-refractivity contribution in [3.05, 3.63) is 42.4 Å². The van der Waals surface area contributed by atoms with Crippen LogP contribution < -0.4 is 0 Å². The van der Waals surface area contributed by atoms with E-state index in [4.69, 9.17) is 0 Å². The van der Waals surface area contributed by atoms with Crippen LogP contribution in [0.15, 0.2) is 30.3 Å². The van der Waals surface area contributed by atoms with E-state index in [1.165, 1.54) is 24.9 Å². The molecule has 0 radical (unpaired) electrons. The molecule has 0 atom stereocenters. The fraction of sp³-hybridized carbons (Fsp3) is 0.364. The Morgan fingerprint density at radius 3 is 2.62 bits per heavy atom. The van der Waals surface area contributed by atoms with E-state index < -0.39 is 0 Å². The van der Waals surface area contributed by atoms with Gasteiger partial charge in [-0.05, 0) is 18.7 Å². The van der Waals surface area contributed by atoms with Crippen LogP contribution in [0.5, 0.6) is 0 Å². The van der Waals surface area contributed by atoms with Gasteiger partial charge in [-0.25, -0.2) is 0 Å². The van der Waals surface area contributed by atoms with Gasteiger partial charge >= 0.3 is 22.4 Å². The van der Waals surface area contributed by atoms with Gasteiger partial charge in [0.25, 0.3) is 0 Å². The van der Waals surface area contributed by atoms with Crippen molar-refractivity contribution in [2.24, 2.45) is 0 Å². The summed E-state index contributed by atoms with van der Waals surface area (Å²) in [6.07, 6.45) is 2.58. The molecule has 2 heteroatoms. The average molecular weight is 268 g/mol. The minimum absolute atomic E-state index is 0. The molecule has 0 saturated carbocycles. The van der Waals surface area contributed by atoms with Crippen molar-refractivity contribution >= 4 is 0 Å². The van der Waals surface area contributed by atoms with Crippen LogP contribution in [0, 0.1) is 6.54 Å². The Hall–Kier alpha value is -0.0797. The second-order valence-corrected chi connectivity index (χ2v) is 3.28. The van der Waals surface area contributed by atoms with Crippen molar-refractivity contribution < 1.29 is 22.4 Å². The molecule has 1 aliphatic rings. The predicted molar refractivity (Wildman–Crippen MR) is 50.4 cm³/mol. The number of benzene rings is 1. The van der Waals surface area contributed by atoms with Crippen molar-refractivity contribution in [2.45, 2.75) is 19.4 Å². The fourth-order valence-electron chi connectivity index (χ4n) is 1.62. The van der Waals surface area contributed by atoms with Crippen molar-refractivity contribution in [2.75, 3.05) is 6.54 Å². The topological polar surface area (TPSA) is 3.24 Å². The van der Waals surface area contributed by atoms with Gasteiger partial charge in [0.05, 0.1) is 0 Å². The number of nitrogens with zero attached hydrogens (tertiary/aromatic N) is 1. The monoisotopic (exact) mass is 267 g/mol. The van der Waals surface area contributed by atoms with Gasteiger partial charge in [0.1, 0.15) is 0 Å². The van der Waals surface area contributed by atoms with Gasteiger partial charge in [-0.3, -0.25) is 6.54 Å². The Balaban J connectivity index is 0.000000845. The van der Waals surface area contributed by atoms with Gasteiger partial charge in [-0.15, -0.1) is 0 Å². The van der Waals surface area contributed by atoms with Crippen molar-refractivity contribution in [3.8, 4) is 0 Å². The minimum Gasteiger partial charge on any atom is -0.453 e. The number of hydrogen-bond acceptors (Lipinski definition) is 1. The first-order chi connectivity index (χ1) is 5.95. The van der Waals surface area contributed by atoms with Crippen LogP contribution in [0.25, 0.3) is 0 Å². The van der Waals surface area contributed by atoms with E-state index >= 15 is 0 Å². The largest absolute Gasteiger partial charge is 1.00 e. The molecule has 74 valence electrons. The van der Waals surface area contributed by atoms with Crippen LogP contribution in [-0.4, -0.2) is 11.4 Å². The zero-order chi connectivity index (χ0) is 8.23. The molecule has 0 aliphatic carbocycles. The van der Waals surface area contributed by atoms with E-state index in [-0.39, 0.29) is 22.4 Å². The molecule has 2 rings (SSSR count). The summed E-state index contributed by atoms with van der Waals surface area (Å²) in [4.78, 5) is 2.40. The van der Waals surface area contributed by atoms with E-state index in [2.05, 4.69) is 41.8 Å². The maximum absolute atomic E-state index is 2.40. The number of likely N-dealkylation sites (tertiary alicyclic amines) is 1. The summed E-state index contributed by atoms with van der Waals surface area (Å²) < 4.78 is 0. The van der Waals surface area contributed by atoms with Crippen LogP contribution in [0.4, 0.5) is 0 Å². The van der Waals surface area contributed by atoms with Crippen molar-refractivity contribution in [1.82, 2.24) is 4.90 Å². The average Bonchev–Trinajstić information content (AvgIpc) is 2.59. The first kappa shape index (κ1) is 11.0. The molecule has 0 N–H and O–H groups in total. The van der Waals surface area contributed by atoms with Crippen molar-refractivity contribution in [3.63, 3.8) is 0 Å². The van der Waals surface area contributed by atoms with E-state index in [9.17, 15) is 0 Å². The van der Waals surface area contributed by atoms with Crippen LogP contribution in [-0.2, 0) is 28.9 Å². The summed E-state index contributed by atoms with van der Waals surface area (Å²) in [7, 11) is 0. The molecule has 1 aliphatic heterocycles. The van der Waals surface area contributed by atoms with E-state index in [0.717, 1.165) is 6.54 Å². The zero-order valence-corrected chi connectivity index (χ0v) is 9.02. The van der Waals surface area contributed by atoms with Gasteiger partial charge in [-0.1, -0.05) is 36.8 Å². The molecule has 0 bridgehead atoms. The molecule has 1 saturated heterocycles. The summed E-state index contributed by atoms with van der Waals surface area (Å²) >= 11 is 0. The molecule has 0 aromatic heterocycles. The minimum atomic E-state index is 0. The fourth-order valence-corrected chi connectivity index (χ4v) is 1.62. The molecule has 1 aromatic carbocycles. The third kappa shape index (κ3) is 3.28. The summed E-state index contributed by atoms with van der Waals surface area (Å²) in [5, 5.41) is 0. The maximum Gasteiger partial charge on any atom is 1.00 e. The first-order valence-electron chi connectivity index (χ1n) is 4.56. The first-order valence-corrected chi connectivity index (χ1v) is 4.56. The third-order valence-electron chi connectivity index (χ3n) is 2.27. The Labute approximate surface area is 95.6 Å². The molecule has 1 fully saturated rings. The second kappa shape index (κ2) is 5.61. The molecule has 13 heavy (non-hydrogen) atoms. The molecule has 0 unspecified atom stereocenters. The summed E-state index contributed by atoms with van der Waals surface area (Å²) in [6.45, 7) is 4.63. The zero-order valence-electron chi connectivity index (χ0n) is 7.54. The summed E-state index contributed by atoms with van der Waals surface area (Å²) in [5.74, 6) is 0. The van der Waals surface area contributed by atoms with Gasteiger partial charge in [0.15, 0.2) is 0 Å². The molecule has 1 heterocycles. The van der Waals surface area contributed by atoms with Crippen LogP contribution >= 0.6 is 0 Å². The molecular formula is C11H14AgN. The molecule has 0 spiro atoms. The van der Waals surface area contributed by atoms with Gasteiger partial charge in [-0.2, -0.15) is 6.42 Å². The standard InChI is InChI=1S/C11H14N.Ag/c1-2-6-11(7-3-1)10-12-8-4-5-9-12;/h1-3,6-8H,4-5,9-10H2;/q-1;+1. The molecule has 1 aromatic rings. The second-order valence-electron chi connectivity index (χ2n) is 3.28. The van der Waals surface area contributed by atoms with Crippen LogP contribution in [0.2, 0.25) is 0 Å². The Morgan fingerprint density at radius 2 is 2.00 bits per heavy atom. The Kier molecular flexibility index (Phi) is 4.74. The van der Waals surface area contributed by atoms with Crippen molar-refractivity contribution in [1.29, 1.82) is 0 Å². The van der Waals surface area contributed by atoms with Gasteiger partial charge in [0.2, 0.25) is 0 Å². The SMILES string of the molecule is [Ag+].c1ccc(CN2[CH-]CCC2)cc1. The molecule has 1 nitrogen and oxygen atoms in total. The van der Waals surface area contributed by atoms with Gasteiger partial charge in [0, 0.05) is 0 Å². The normalized spacial score (nSPS) is 16.9. The van der Waals surface area contributed by atoms with Crippen LogP contribution in [0.3, 0.4) is 0 Å². The van der Waals surface area contributed by atoms with E-state index in [1.54, 1.807) is 0 Å². The Bertz CT molecular complexity index is 229. The van der Waals surface area contributed by atoms with E-state index in [1.807, 2.05) is 0 Å². The maximum atomic E-state index is 2.40. The number of hydrogen-bond donors (Lipinski definition) is 0. The third-order valence-corrected chi connectivity index (χ3v) is 2.27. The number of rotatable bonds is 2. The predicted octanol–water partition coefficient (Wildman–Crippen LogP) is 2.44. The van der Waals surface area contributed by atoms with Crippen LogP contribution in [0.1, 0.15) is 18.4 Å².